The van der Waals surface area contributed by atoms with Gasteiger partial charge < -0.3 is 20.9 Å². The van der Waals surface area contributed by atoms with Gasteiger partial charge in [-0.15, -0.1) is 0 Å². The summed E-state index contributed by atoms with van der Waals surface area (Å²) in [4.78, 5) is 15.8. The van der Waals surface area contributed by atoms with Gasteiger partial charge in [0.1, 0.15) is 0 Å². The minimum absolute atomic E-state index is 0.211. The fourth-order valence-corrected chi connectivity index (χ4v) is 2.80. The molecule has 1 amide bonds. The zero-order chi connectivity index (χ0) is 14.3. The average molecular weight is 270 g/mol. The molecule has 0 radical (unpaired) electrons. The van der Waals surface area contributed by atoms with Crippen LogP contribution in [-0.4, -0.2) is 67.6 Å². The van der Waals surface area contributed by atoms with E-state index >= 15 is 0 Å². The summed E-state index contributed by atoms with van der Waals surface area (Å²) in [6.45, 7) is 8.67. The molecule has 0 saturated carbocycles. The number of hydrogen-bond acceptors (Lipinski definition) is 4. The molecule has 0 aliphatic carbocycles. The van der Waals surface area contributed by atoms with E-state index in [0.717, 1.165) is 52.0 Å². The number of nitrogens with zero attached hydrogens (tertiary/aromatic N) is 2. The van der Waals surface area contributed by atoms with Gasteiger partial charge >= 0.3 is 0 Å². The van der Waals surface area contributed by atoms with Gasteiger partial charge in [-0.1, -0.05) is 13.8 Å². The lowest BCUT2D eigenvalue weighted by Gasteiger charge is -2.37. The van der Waals surface area contributed by atoms with E-state index in [1.165, 1.54) is 0 Å². The maximum Gasteiger partial charge on any atom is 0.222 e. The SMILES string of the molecule is CC.CN(CCN1CCCC1=O)C1CCNCC1N. The molecule has 0 bridgehead atoms. The van der Waals surface area contributed by atoms with Crippen molar-refractivity contribution in [1.82, 2.24) is 15.1 Å². The van der Waals surface area contributed by atoms with Gasteiger partial charge in [0.2, 0.25) is 5.91 Å². The molecule has 2 rings (SSSR count). The van der Waals surface area contributed by atoms with E-state index in [-0.39, 0.29) is 6.04 Å². The van der Waals surface area contributed by atoms with E-state index in [1.807, 2.05) is 18.7 Å². The van der Waals surface area contributed by atoms with Gasteiger partial charge in [-0.25, -0.2) is 0 Å². The quantitative estimate of drug-likeness (QED) is 0.769. The number of rotatable bonds is 4. The van der Waals surface area contributed by atoms with Gasteiger partial charge in [0.25, 0.3) is 0 Å². The number of amides is 1. The van der Waals surface area contributed by atoms with E-state index in [2.05, 4.69) is 17.3 Å². The summed E-state index contributed by atoms with van der Waals surface area (Å²) in [5.41, 5.74) is 6.11. The van der Waals surface area contributed by atoms with Crippen LogP contribution in [0.25, 0.3) is 0 Å². The Morgan fingerprint density at radius 3 is 2.79 bits per heavy atom. The molecule has 0 aromatic rings. The summed E-state index contributed by atoms with van der Waals surface area (Å²) in [6, 6.07) is 0.664. The van der Waals surface area contributed by atoms with Crippen molar-refractivity contribution in [2.45, 2.75) is 45.2 Å². The monoisotopic (exact) mass is 270 g/mol. The Labute approximate surface area is 117 Å². The van der Waals surface area contributed by atoms with Crippen molar-refractivity contribution in [3.63, 3.8) is 0 Å². The van der Waals surface area contributed by atoms with E-state index < -0.39 is 0 Å². The Morgan fingerprint density at radius 2 is 2.21 bits per heavy atom. The lowest BCUT2D eigenvalue weighted by Crippen LogP contribution is -2.56. The van der Waals surface area contributed by atoms with Crippen LogP contribution in [0.1, 0.15) is 33.1 Å². The Bertz CT molecular complexity index is 272. The lowest BCUT2D eigenvalue weighted by atomic mass is 10.0. The Hall–Kier alpha value is -0.650. The van der Waals surface area contributed by atoms with Crippen LogP contribution in [-0.2, 0) is 4.79 Å². The highest BCUT2D eigenvalue weighted by atomic mass is 16.2. The lowest BCUT2D eigenvalue weighted by molar-refractivity contribution is -0.127. The van der Waals surface area contributed by atoms with Crippen LogP contribution in [0.4, 0.5) is 0 Å². The van der Waals surface area contributed by atoms with Gasteiger partial charge in [0, 0.05) is 44.7 Å². The molecule has 0 aromatic heterocycles. The second-order valence-corrected chi connectivity index (χ2v) is 5.19. The molecule has 2 heterocycles. The first-order valence-electron chi connectivity index (χ1n) is 7.63. The maximum absolute atomic E-state index is 11.5. The van der Waals surface area contributed by atoms with E-state index in [1.54, 1.807) is 0 Å². The molecule has 0 spiro atoms. The Morgan fingerprint density at radius 1 is 1.47 bits per heavy atom. The molecule has 112 valence electrons. The van der Waals surface area contributed by atoms with Crippen molar-refractivity contribution in [3.8, 4) is 0 Å². The maximum atomic E-state index is 11.5. The fraction of sp³-hybridized carbons (Fsp3) is 0.929. The fourth-order valence-electron chi connectivity index (χ4n) is 2.80. The molecular formula is C14H30N4O. The molecular weight excluding hydrogens is 240 g/mol. The molecule has 5 nitrogen and oxygen atoms in total. The summed E-state index contributed by atoms with van der Waals surface area (Å²) in [6.07, 6.45) is 2.86. The predicted molar refractivity (Wildman–Crippen MR) is 79.0 cm³/mol. The topological polar surface area (TPSA) is 61.6 Å². The Balaban J connectivity index is 0.000000861. The summed E-state index contributed by atoms with van der Waals surface area (Å²) in [5, 5.41) is 3.31. The van der Waals surface area contributed by atoms with Gasteiger partial charge in [-0.2, -0.15) is 0 Å². The first-order valence-corrected chi connectivity index (χ1v) is 7.63. The molecule has 2 unspecified atom stereocenters. The number of carbonyl (C=O) groups excluding carboxylic acids is 1. The van der Waals surface area contributed by atoms with E-state index in [9.17, 15) is 4.79 Å². The van der Waals surface area contributed by atoms with Crippen molar-refractivity contribution < 1.29 is 4.79 Å². The third-order valence-corrected chi connectivity index (χ3v) is 3.95. The molecule has 19 heavy (non-hydrogen) atoms. The van der Waals surface area contributed by atoms with Crippen molar-refractivity contribution in [2.24, 2.45) is 5.73 Å². The zero-order valence-electron chi connectivity index (χ0n) is 12.7. The predicted octanol–water partition coefficient (Wildman–Crippen LogP) is 0.256. The van der Waals surface area contributed by atoms with Gasteiger partial charge in [0.15, 0.2) is 0 Å². The summed E-state index contributed by atoms with van der Waals surface area (Å²) < 4.78 is 0. The molecule has 3 N–H and O–H groups in total. The number of likely N-dealkylation sites (tertiary alicyclic amines) is 1. The minimum Gasteiger partial charge on any atom is -0.341 e. The highest BCUT2D eigenvalue weighted by molar-refractivity contribution is 5.78. The summed E-state index contributed by atoms with van der Waals surface area (Å²) in [7, 11) is 2.12. The molecule has 2 fully saturated rings. The first kappa shape index (κ1) is 16.4. The molecule has 2 saturated heterocycles. The normalized spacial score (nSPS) is 27.4. The second-order valence-electron chi connectivity index (χ2n) is 5.19. The average Bonchev–Trinajstić information content (AvgIpc) is 2.84. The van der Waals surface area contributed by atoms with Crippen LogP contribution >= 0.6 is 0 Å². The third kappa shape index (κ3) is 4.75. The van der Waals surface area contributed by atoms with Crippen LogP contribution in [0.2, 0.25) is 0 Å². The number of nitrogens with two attached hydrogens (primary N) is 1. The van der Waals surface area contributed by atoms with Crippen LogP contribution < -0.4 is 11.1 Å². The standard InChI is InChI=1S/C12H24N4O.C2H6/c1-15(11-4-5-14-9-10(11)13)7-8-16-6-2-3-12(16)17;1-2/h10-11,14H,2-9,13H2,1H3;1-2H3. The van der Waals surface area contributed by atoms with Crippen LogP contribution in [0, 0.1) is 0 Å². The molecule has 2 aliphatic rings. The largest absolute Gasteiger partial charge is 0.341 e. The van der Waals surface area contributed by atoms with Crippen molar-refractivity contribution in [3.05, 3.63) is 0 Å². The second kappa shape index (κ2) is 8.51. The van der Waals surface area contributed by atoms with Crippen LogP contribution in [0.15, 0.2) is 0 Å². The van der Waals surface area contributed by atoms with Gasteiger partial charge in [0.05, 0.1) is 0 Å². The summed E-state index contributed by atoms with van der Waals surface area (Å²) in [5.74, 6) is 0.313. The number of carbonyl (C=O) groups is 1. The number of hydrogen-bond donors (Lipinski definition) is 2. The first-order chi connectivity index (χ1) is 9.18. The van der Waals surface area contributed by atoms with E-state index in [0.29, 0.717) is 11.9 Å². The smallest absolute Gasteiger partial charge is 0.222 e. The molecule has 5 heteroatoms. The number of likely N-dealkylation sites (N-methyl/N-ethyl adjacent to an activating group) is 1. The van der Waals surface area contributed by atoms with Crippen molar-refractivity contribution in [2.75, 3.05) is 39.8 Å². The van der Waals surface area contributed by atoms with Crippen molar-refractivity contribution >= 4 is 5.91 Å². The Kier molecular flexibility index (Phi) is 7.34. The van der Waals surface area contributed by atoms with Gasteiger partial charge in [-0.3, -0.25) is 4.79 Å². The molecule has 2 atom stereocenters. The molecule has 0 aromatic carbocycles. The van der Waals surface area contributed by atoms with Crippen LogP contribution in [0.5, 0.6) is 0 Å². The van der Waals surface area contributed by atoms with Crippen LogP contribution in [0.3, 0.4) is 0 Å². The highest BCUT2D eigenvalue weighted by Gasteiger charge is 2.26. The summed E-state index contributed by atoms with van der Waals surface area (Å²) >= 11 is 0. The number of piperidine rings is 1. The van der Waals surface area contributed by atoms with Gasteiger partial charge in [-0.05, 0) is 26.4 Å². The molecule has 2 aliphatic heterocycles. The van der Waals surface area contributed by atoms with Crippen molar-refractivity contribution in [1.29, 1.82) is 0 Å². The highest BCUT2D eigenvalue weighted by Crippen LogP contribution is 2.12. The third-order valence-electron chi connectivity index (χ3n) is 3.95. The van der Waals surface area contributed by atoms with E-state index in [4.69, 9.17) is 5.73 Å². The number of nitrogens with one attached hydrogen (secondary N) is 1. The zero-order valence-corrected chi connectivity index (χ0v) is 12.7. The minimum atomic E-state index is 0.211.